The van der Waals surface area contributed by atoms with Crippen LogP contribution in [0.3, 0.4) is 0 Å². The maximum absolute atomic E-state index is 13.0. The van der Waals surface area contributed by atoms with Gasteiger partial charge in [0.15, 0.2) is 0 Å². The minimum Gasteiger partial charge on any atom is -0.336 e. The van der Waals surface area contributed by atoms with Crippen molar-refractivity contribution in [3.05, 3.63) is 69.0 Å². The Kier molecular flexibility index (Phi) is 6.40. The van der Waals surface area contributed by atoms with Gasteiger partial charge >= 0.3 is 0 Å². The van der Waals surface area contributed by atoms with Crippen LogP contribution in [-0.2, 0) is 4.79 Å². The minimum absolute atomic E-state index is 0.0854. The fourth-order valence-electron chi connectivity index (χ4n) is 3.00. The van der Waals surface area contributed by atoms with Crippen molar-refractivity contribution in [1.29, 1.82) is 0 Å². The molecule has 0 radical (unpaired) electrons. The Morgan fingerprint density at radius 1 is 1.10 bits per heavy atom. The Morgan fingerprint density at radius 2 is 1.76 bits per heavy atom. The van der Waals surface area contributed by atoms with Crippen LogP contribution in [0.25, 0.3) is 0 Å². The Bertz CT molecular complexity index is 930. The molecule has 1 saturated heterocycles. The van der Waals surface area contributed by atoms with Gasteiger partial charge in [0.2, 0.25) is 5.91 Å². The van der Waals surface area contributed by atoms with Gasteiger partial charge in [-0.05, 0) is 30.3 Å². The molecule has 2 aromatic carbocycles. The molecule has 29 heavy (non-hydrogen) atoms. The maximum atomic E-state index is 13.0. The number of nitrogens with one attached hydrogen (secondary N) is 1. The smallest absolute Gasteiger partial charge is 0.271 e. The fraction of sp³-hybridized carbons (Fsp3) is 0.263. The standard InChI is InChI=1S/C19H18ClFN4O4/c20-16-11-15(25(28)29)5-6-17(16)22-18(26)12-23-7-9-24(10-8-23)19(27)13-1-3-14(21)4-2-13/h1-6,11H,7-10,12H2,(H,22,26). The molecule has 1 N–H and O–H groups in total. The van der Waals surface area contributed by atoms with Gasteiger partial charge in [-0.3, -0.25) is 24.6 Å². The van der Waals surface area contributed by atoms with E-state index in [1.807, 2.05) is 4.90 Å². The van der Waals surface area contributed by atoms with E-state index in [4.69, 9.17) is 11.6 Å². The zero-order valence-corrected chi connectivity index (χ0v) is 16.1. The van der Waals surface area contributed by atoms with Crippen LogP contribution in [0, 0.1) is 15.9 Å². The van der Waals surface area contributed by atoms with Crippen LogP contribution in [0.2, 0.25) is 5.02 Å². The number of non-ortho nitro benzene ring substituents is 1. The summed E-state index contributed by atoms with van der Waals surface area (Å²) in [5.74, 6) is -0.878. The van der Waals surface area contributed by atoms with Crippen LogP contribution in [0.1, 0.15) is 10.4 Å². The molecule has 0 atom stereocenters. The summed E-state index contributed by atoms with van der Waals surface area (Å²) in [4.78, 5) is 38.4. The first kappa shape index (κ1) is 20.7. The lowest BCUT2D eigenvalue weighted by Crippen LogP contribution is -2.50. The van der Waals surface area contributed by atoms with Crippen molar-refractivity contribution < 1.29 is 18.9 Å². The number of nitro benzene ring substituents is 1. The molecule has 1 heterocycles. The van der Waals surface area contributed by atoms with Crippen molar-refractivity contribution >= 4 is 34.8 Å². The second-order valence-corrected chi connectivity index (χ2v) is 6.95. The van der Waals surface area contributed by atoms with Crippen molar-refractivity contribution in [2.45, 2.75) is 0 Å². The van der Waals surface area contributed by atoms with Crippen molar-refractivity contribution in [1.82, 2.24) is 9.80 Å². The number of carbonyl (C=O) groups is 2. The van der Waals surface area contributed by atoms with Gasteiger partial charge in [-0.1, -0.05) is 11.6 Å². The second-order valence-electron chi connectivity index (χ2n) is 6.54. The van der Waals surface area contributed by atoms with Crippen molar-refractivity contribution in [3.8, 4) is 0 Å². The van der Waals surface area contributed by atoms with E-state index in [1.165, 1.54) is 42.5 Å². The lowest BCUT2D eigenvalue weighted by molar-refractivity contribution is -0.384. The Hall–Kier alpha value is -3.04. The Labute approximate surface area is 171 Å². The Balaban J connectivity index is 1.50. The maximum Gasteiger partial charge on any atom is 0.271 e. The zero-order chi connectivity index (χ0) is 21.0. The van der Waals surface area contributed by atoms with Crippen LogP contribution in [-0.4, -0.2) is 59.3 Å². The number of nitro groups is 1. The number of piperazine rings is 1. The normalized spacial score (nSPS) is 14.5. The third-order valence-electron chi connectivity index (χ3n) is 4.56. The summed E-state index contributed by atoms with van der Waals surface area (Å²) in [6.07, 6.45) is 0. The van der Waals surface area contributed by atoms with Gasteiger partial charge in [-0.25, -0.2) is 4.39 Å². The molecular formula is C19H18ClFN4O4. The molecule has 0 unspecified atom stereocenters. The topological polar surface area (TPSA) is 95.8 Å². The summed E-state index contributed by atoms with van der Waals surface area (Å²) in [6.45, 7) is 2.01. The zero-order valence-electron chi connectivity index (χ0n) is 15.3. The largest absolute Gasteiger partial charge is 0.336 e. The number of carbonyl (C=O) groups excluding carboxylic acids is 2. The first-order chi connectivity index (χ1) is 13.8. The summed E-state index contributed by atoms with van der Waals surface area (Å²) in [5.41, 5.74) is 0.563. The molecule has 10 heteroatoms. The second kappa shape index (κ2) is 8.97. The van der Waals surface area contributed by atoms with E-state index in [9.17, 15) is 24.1 Å². The van der Waals surface area contributed by atoms with Crippen molar-refractivity contribution in [3.63, 3.8) is 0 Å². The van der Waals surface area contributed by atoms with Crippen LogP contribution >= 0.6 is 11.6 Å². The highest BCUT2D eigenvalue weighted by Gasteiger charge is 2.23. The minimum atomic E-state index is -0.565. The molecule has 2 amide bonds. The SMILES string of the molecule is O=C(CN1CCN(C(=O)c2ccc(F)cc2)CC1)Nc1ccc([N+](=O)[O-])cc1Cl. The number of halogens is 2. The first-order valence-electron chi connectivity index (χ1n) is 8.84. The van der Waals surface area contributed by atoms with Crippen LogP contribution in [0.15, 0.2) is 42.5 Å². The predicted molar refractivity (Wildman–Crippen MR) is 105 cm³/mol. The first-order valence-corrected chi connectivity index (χ1v) is 9.22. The van der Waals surface area contributed by atoms with Crippen molar-refractivity contribution in [2.75, 3.05) is 38.0 Å². The van der Waals surface area contributed by atoms with Crippen LogP contribution in [0.5, 0.6) is 0 Å². The monoisotopic (exact) mass is 420 g/mol. The molecule has 0 bridgehead atoms. The van der Waals surface area contributed by atoms with E-state index in [2.05, 4.69) is 5.32 Å². The average Bonchev–Trinajstić information content (AvgIpc) is 2.70. The molecule has 2 aromatic rings. The van der Waals surface area contributed by atoms with E-state index in [0.29, 0.717) is 37.4 Å². The van der Waals surface area contributed by atoms with Gasteiger partial charge in [-0.2, -0.15) is 0 Å². The molecule has 0 aliphatic carbocycles. The number of rotatable bonds is 5. The molecule has 8 nitrogen and oxygen atoms in total. The lowest BCUT2D eigenvalue weighted by atomic mass is 10.2. The number of hydrogen-bond acceptors (Lipinski definition) is 5. The van der Waals surface area contributed by atoms with Gasteiger partial charge in [-0.15, -0.1) is 0 Å². The molecule has 3 rings (SSSR count). The van der Waals surface area contributed by atoms with Crippen LogP contribution < -0.4 is 5.32 Å². The summed E-state index contributed by atoms with van der Waals surface area (Å²) >= 11 is 5.98. The highest BCUT2D eigenvalue weighted by molar-refractivity contribution is 6.34. The number of hydrogen-bond donors (Lipinski definition) is 1. The lowest BCUT2D eigenvalue weighted by Gasteiger charge is -2.34. The average molecular weight is 421 g/mol. The van der Waals surface area contributed by atoms with E-state index < -0.39 is 10.7 Å². The summed E-state index contributed by atoms with van der Waals surface area (Å²) in [7, 11) is 0. The van der Waals surface area contributed by atoms with E-state index >= 15 is 0 Å². The van der Waals surface area contributed by atoms with E-state index in [-0.39, 0.29) is 29.1 Å². The molecule has 1 fully saturated rings. The predicted octanol–water partition coefficient (Wildman–Crippen LogP) is 2.78. The van der Waals surface area contributed by atoms with E-state index in [1.54, 1.807) is 4.90 Å². The highest BCUT2D eigenvalue weighted by atomic mass is 35.5. The molecule has 0 saturated carbocycles. The number of anilines is 1. The summed E-state index contributed by atoms with van der Waals surface area (Å²) in [5, 5.41) is 13.5. The number of nitrogens with zero attached hydrogens (tertiary/aromatic N) is 3. The van der Waals surface area contributed by atoms with Gasteiger partial charge < -0.3 is 10.2 Å². The Morgan fingerprint density at radius 3 is 2.34 bits per heavy atom. The molecule has 1 aliphatic rings. The van der Waals surface area contributed by atoms with Crippen molar-refractivity contribution in [2.24, 2.45) is 0 Å². The third-order valence-corrected chi connectivity index (χ3v) is 4.87. The molecule has 0 aromatic heterocycles. The quantitative estimate of drug-likeness (QED) is 0.592. The number of amides is 2. The fourth-order valence-corrected chi connectivity index (χ4v) is 3.22. The molecule has 152 valence electrons. The summed E-state index contributed by atoms with van der Waals surface area (Å²) in [6, 6.07) is 9.22. The third kappa shape index (κ3) is 5.27. The molecule has 1 aliphatic heterocycles. The molecule has 0 spiro atoms. The van der Waals surface area contributed by atoms with Gasteiger partial charge in [0.25, 0.3) is 11.6 Å². The van der Waals surface area contributed by atoms with Gasteiger partial charge in [0.1, 0.15) is 5.82 Å². The number of benzene rings is 2. The van der Waals surface area contributed by atoms with Crippen LogP contribution in [0.4, 0.5) is 15.8 Å². The van der Waals surface area contributed by atoms with E-state index in [0.717, 1.165) is 0 Å². The highest BCUT2D eigenvalue weighted by Crippen LogP contribution is 2.26. The van der Waals surface area contributed by atoms with Gasteiger partial charge in [0, 0.05) is 43.9 Å². The molecular weight excluding hydrogens is 403 g/mol. The summed E-state index contributed by atoms with van der Waals surface area (Å²) < 4.78 is 13.0. The van der Waals surface area contributed by atoms with Gasteiger partial charge in [0.05, 0.1) is 22.2 Å².